The molecule has 0 bridgehead atoms. The van der Waals surface area contributed by atoms with Crippen LogP contribution in [0.15, 0.2) is 30.5 Å². The molecule has 0 fully saturated rings. The van der Waals surface area contributed by atoms with Crippen molar-refractivity contribution in [2.24, 2.45) is 0 Å². The van der Waals surface area contributed by atoms with Crippen LogP contribution in [0.25, 0.3) is 0 Å². The number of hydrogen-bond donors (Lipinski definition) is 1. The van der Waals surface area contributed by atoms with Gasteiger partial charge in [-0.3, -0.25) is 0 Å². The molecule has 3 rings (SSSR count). The van der Waals surface area contributed by atoms with Crippen molar-refractivity contribution in [1.29, 1.82) is 0 Å². The Morgan fingerprint density at radius 2 is 2.25 bits per heavy atom. The smallest absolute Gasteiger partial charge is 0.101 e. The number of aliphatic hydroxyl groups is 1. The zero-order valence-corrected chi connectivity index (χ0v) is 9.87. The molecule has 0 saturated heterocycles. The molecule has 3 heteroatoms. The molecule has 0 amide bonds. The van der Waals surface area contributed by atoms with E-state index in [0.717, 1.165) is 16.3 Å². The van der Waals surface area contributed by atoms with E-state index in [1.54, 1.807) is 24.5 Å². The van der Waals surface area contributed by atoms with Crippen molar-refractivity contribution < 1.29 is 5.11 Å². The van der Waals surface area contributed by atoms with Crippen molar-refractivity contribution in [3.05, 3.63) is 51.5 Å². The van der Waals surface area contributed by atoms with Gasteiger partial charge in [-0.1, -0.05) is 24.3 Å². The van der Waals surface area contributed by atoms with E-state index < -0.39 is 6.10 Å². The molecule has 0 spiro atoms. The van der Waals surface area contributed by atoms with E-state index in [1.807, 2.05) is 0 Å². The van der Waals surface area contributed by atoms with Crippen LogP contribution in [0.2, 0.25) is 0 Å². The van der Waals surface area contributed by atoms with E-state index in [1.165, 1.54) is 11.1 Å². The van der Waals surface area contributed by atoms with Crippen LogP contribution >= 0.6 is 11.3 Å². The lowest BCUT2D eigenvalue weighted by molar-refractivity contribution is 0.203. The van der Waals surface area contributed by atoms with Gasteiger partial charge in [0.2, 0.25) is 0 Å². The van der Waals surface area contributed by atoms with Crippen LogP contribution in [0.4, 0.5) is 0 Å². The topological polar surface area (TPSA) is 33.1 Å². The number of hydrogen-bond acceptors (Lipinski definition) is 3. The van der Waals surface area contributed by atoms with Gasteiger partial charge in [-0.05, 0) is 24.5 Å². The maximum Gasteiger partial charge on any atom is 0.101 e. The Bertz CT molecular complexity index is 518. The van der Waals surface area contributed by atoms with Gasteiger partial charge < -0.3 is 5.11 Å². The second-order valence-electron chi connectivity index (χ2n) is 4.23. The number of nitrogens with zero attached hydrogens (tertiary/aromatic N) is 1. The van der Waals surface area contributed by atoms with Gasteiger partial charge in [0.1, 0.15) is 5.01 Å². The molecule has 1 aromatic heterocycles. The molecule has 1 N–H and O–H groups in total. The quantitative estimate of drug-likeness (QED) is 0.862. The minimum Gasteiger partial charge on any atom is -0.388 e. The number of benzene rings is 1. The lowest BCUT2D eigenvalue weighted by Crippen LogP contribution is -2.17. The molecule has 1 aromatic carbocycles. The van der Waals surface area contributed by atoms with E-state index >= 15 is 0 Å². The number of rotatable bonds is 2. The monoisotopic (exact) mass is 231 g/mol. The summed E-state index contributed by atoms with van der Waals surface area (Å²) in [6.07, 6.45) is 2.48. The molecule has 0 aliphatic heterocycles. The Morgan fingerprint density at radius 3 is 2.94 bits per heavy atom. The summed E-state index contributed by atoms with van der Waals surface area (Å²) in [6.45, 7) is 1.78. The minimum atomic E-state index is -0.401. The van der Waals surface area contributed by atoms with E-state index in [2.05, 4.69) is 29.2 Å². The van der Waals surface area contributed by atoms with Gasteiger partial charge in [-0.25, -0.2) is 4.98 Å². The highest BCUT2D eigenvalue weighted by Crippen LogP contribution is 2.41. The molecule has 0 saturated carbocycles. The van der Waals surface area contributed by atoms with Crippen molar-refractivity contribution in [2.75, 3.05) is 0 Å². The molecule has 2 aromatic rings. The predicted octanol–water partition coefficient (Wildman–Crippen LogP) is 2.88. The minimum absolute atomic E-state index is 0.401. The highest BCUT2D eigenvalue weighted by Gasteiger charge is 2.29. The van der Waals surface area contributed by atoms with Crippen molar-refractivity contribution in [1.82, 2.24) is 4.98 Å². The SMILES string of the molecule is CC(O)c1cnc(C2Cc3ccccc32)s1. The summed E-state index contributed by atoms with van der Waals surface area (Å²) in [5, 5.41) is 10.6. The zero-order valence-electron chi connectivity index (χ0n) is 9.05. The summed E-state index contributed by atoms with van der Waals surface area (Å²) >= 11 is 1.63. The summed E-state index contributed by atoms with van der Waals surface area (Å²) in [4.78, 5) is 5.37. The fourth-order valence-electron chi connectivity index (χ4n) is 2.13. The molecule has 82 valence electrons. The van der Waals surface area contributed by atoms with Crippen molar-refractivity contribution in [2.45, 2.75) is 25.4 Å². The average molecular weight is 231 g/mol. The normalized spacial score (nSPS) is 20.0. The molecule has 16 heavy (non-hydrogen) atoms. The second-order valence-corrected chi connectivity index (χ2v) is 5.33. The first kappa shape index (κ1) is 10.00. The highest BCUT2D eigenvalue weighted by molar-refractivity contribution is 7.11. The van der Waals surface area contributed by atoms with Gasteiger partial charge in [-0.15, -0.1) is 11.3 Å². The summed E-state index contributed by atoms with van der Waals surface area (Å²) < 4.78 is 0. The number of thiazole rings is 1. The Kier molecular flexibility index (Phi) is 2.30. The first-order valence-electron chi connectivity index (χ1n) is 5.47. The molecule has 0 radical (unpaired) electrons. The zero-order chi connectivity index (χ0) is 11.1. The van der Waals surface area contributed by atoms with E-state index in [4.69, 9.17) is 0 Å². The van der Waals surface area contributed by atoms with Crippen molar-refractivity contribution in [3.8, 4) is 0 Å². The lowest BCUT2D eigenvalue weighted by atomic mass is 9.78. The van der Waals surface area contributed by atoms with Gasteiger partial charge in [-0.2, -0.15) is 0 Å². The maximum atomic E-state index is 9.48. The van der Waals surface area contributed by atoms with Crippen LogP contribution in [-0.4, -0.2) is 10.1 Å². The first-order chi connectivity index (χ1) is 7.75. The summed E-state index contributed by atoms with van der Waals surface area (Å²) in [7, 11) is 0. The Labute approximate surface area is 98.6 Å². The third-order valence-electron chi connectivity index (χ3n) is 3.11. The summed E-state index contributed by atoms with van der Waals surface area (Å²) in [6, 6.07) is 8.51. The van der Waals surface area contributed by atoms with Crippen LogP contribution in [0, 0.1) is 0 Å². The third-order valence-corrected chi connectivity index (χ3v) is 4.39. The third kappa shape index (κ3) is 1.47. The van der Waals surface area contributed by atoms with E-state index in [-0.39, 0.29) is 0 Å². The van der Waals surface area contributed by atoms with Crippen LogP contribution in [0.1, 0.15) is 40.0 Å². The van der Waals surface area contributed by atoms with Gasteiger partial charge in [0.15, 0.2) is 0 Å². The van der Waals surface area contributed by atoms with Gasteiger partial charge in [0.05, 0.1) is 11.0 Å². The Morgan fingerprint density at radius 1 is 1.44 bits per heavy atom. The number of aromatic nitrogens is 1. The Balaban J connectivity index is 1.91. The lowest BCUT2D eigenvalue weighted by Gasteiger charge is -2.28. The molecule has 2 nitrogen and oxygen atoms in total. The van der Waals surface area contributed by atoms with Crippen molar-refractivity contribution in [3.63, 3.8) is 0 Å². The molecular weight excluding hydrogens is 218 g/mol. The van der Waals surface area contributed by atoms with Crippen LogP contribution in [0.5, 0.6) is 0 Å². The van der Waals surface area contributed by atoms with Crippen molar-refractivity contribution >= 4 is 11.3 Å². The van der Waals surface area contributed by atoms with Crippen LogP contribution in [0.3, 0.4) is 0 Å². The molecule has 2 atom stereocenters. The molecule has 1 aliphatic rings. The molecular formula is C13H13NOS. The van der Waals surface area contributed by atoms with Crippen LogP contribution in [-0.2, 0) is 6.42 Å². The molecule has 2 unspecified atom stereocenters. The average Bonchev–Trinajstić information content (AvgIpc) is 2.69. The fraction of sp³-hybridized carbons (Fsp3) is 0.308. The first-order valence-corrected chi connectivity index (χ1v) is 6.29. The predicted molar refractivity (Wildman–Crippen MR) is 64.7 cm³/mol. The van der Waals surface area contributed by atoms with Gasteiger partial charge >= 0.3 is 0 Å². The second kappa shape index (κ2) is 3.68. The number of aliphatic hydroxyl groups excluding tert-OH is 1. The molecule has 1 heterocycles. The Hall–Kier alpha value is -1.19. The fourth-order valence-corrected chi connectivity index (χ4v) is 3.11. The largest absolute Gasteiger partial charge is 0.388 e. The highest BCUT2D eigenvalue weighted by atomic mass is 32.1. The molecule has 1 aliphatic carbocycles. The van der Waals surface area contributed by atoms with Crippen LogP contribution < -0.4 is 0 Å². The number of fused-ring (bicyclic) bond motifs is 1. The van der Waals surface area contributed by atoms with Gasteiger partial charge in [0, 0.05) is 12.1 Å². The van der Waals surface area contributed by atoms with E-state index in [9.17, 15) is 5.11 Å². The maximum absolute atomic E-state index is 9.48. The summed E-state index contributed by atoms with van der Waals surface area (Å²) in [5.41, 5.74) is 2.83. The standard InChI is InChI=1S/C13H13NOS/c1-8(15)12-7-14-13(16-12)11-6-9-4-2-3-5-10(9)11/h2-5,7-8,11,15H,6H2,1H3. The van der Waals surface area contributed by atoms with Gasteiger partial charge in [0.25, 0.3) is 0 Å². The van der Waals surface area contributed by atoms with E-state index in [0.29, 0.717) is 5.92 Å². The summed E-state index contributed by atoms with van der Waals surface area (Å²) in [5.74, 6) is 0.452.